The van der Waals surface area contributed by atoms with Gasteiger partial charge in [-0.1, -0.05) is 23.7 Å². The van der Waals surface area contributed by atoms with Gasteiger partial charge in [0.25, 0.3) is 5.91 Å². The van der Waals surface area contributed by atoms with Gasteiger partial charge in [0.15, 0.2) is 0 Å². The molecule has 0 heterocycles. The average Bonchev–Trinajstić information content (AvgIpc) is 2.37. The number of rotatable bonds is 2. The van der Waals surface area contributed by atoms with Gasteiger partial charge < -0.3 is 11.1 Å². The van der Waals surface area contributed by atoms with Gasteiger partial charge in [0.05, 0.1) is 16.3 Å². The Labute approximate surface area is 117 Å². The van der Waals surface area contributed by atoms with Crippen LogP contribution >= 0.6 is 11.6 Å². The number of anilines is 2. The summed E-state index contributed by atoms with van der Waals surface area (Å²) in [5.74, 6) is -0.261. The van der Waals surface area contributed by atoms with Gasteiger partial charge in [0, 0.05) is 5.69 Å². The number of hydrogen-bond acceptors (Lipinski definition) is 2. The number of amides is 1. The smallest absolute Gasteiger partial charge is 0.257 e. The number of carbonyl (C=O) groups excluding carboxylic acids is 1. The fourth-order valence-electron chi connectivity index (χ4n) is 1.75. The van der Waals surface area contributed by atoms with Crippen LogP contribution in [0.1, 0.15) is 21.5 Å². The highest BCUT2D eigenvalue weighted by Crippen LogP contribution is 2.23. The Balaban J connectivity index is 2.26. The fraction of sp³-hybridized carbons (Fsp3) is 0.133. The van der Waals surface area contributed by atoms with E-state index in [9.17, 15) is 4.79 Å². The van der Waals surface area contributed by atoms with Crippen molar-refractivity contribution in [3.05, 3.63) is 58.1 Å². The lowest BCUT2D eigenvalue weighted by atomic mass is 10.1. The van der Waals surface area contributed by atoms with Crippen LogP contribution in [0.3, 0.4) is 0 Å². The molecule has 2 aromatic rings. The van der Waals surface area contributed by atoms with Crippen LogP contribution in [0.15, 0.2) is 36.4 Å². The van der Waals surface area contributed by atoms with Crippen LogP contribution < -0.4 is 11.1 Å². The first-order chi connectivity index (χ1) is 8.99. The summed E-state index contributed by atoms with van der Waals surface area (Å²) in [5, 5.41) is 3.20. The van der Waals surface area contributed by atoms with E-state index in [1.807, 2.05) is 32.0 Å². The molecule has 0 aromatic heterocycles. The van der Waals surface area contributed by atoms with Gasteiger partial charge in [0.1, 0.15) is 0 Å². The topological polar surface area (TPSA) is 55.1 Å². The molecular weight excluding hydrogens is 260 g/mol. The zero-order valence-electron chi connectivity index (χ0n) is 10.8. The quantitative estimate of drug-likeness (QED) is 0.819. The Kier molecular flexibility index (Phi) is 3.76. The predicted molar refractivity (Wildman–Crippen MR) is 79.7 cm³/mol. The van der Waals surface area contributed by atoms with Crippen molar-refractivity contribution in [2.75, 3.05) is 11.1 Å². The molecule has 3 nitrogen and oxygen atoms in total. The van der Waals surface area contributed by atoms with E-state index in [2.05, 4.69) is 5.32 Å². The normalized spacial score (nSPS) is 10.3. The van der Waals surface area contributed by atoms with Gasteiger partial charge >= 0.3 is 0 Å². The molecule has 0 unspecified atom stereocenters. The third kappa shape index (κ3) is 2.88. The second-order valence-electron chi connectivity index (χ2n) is 4.45. The first-order valence-electron chi connectivity index (χ1n) is 5.91. The van der Waals surface area contributed by atoms with E-state index in [1.165, 1.54) is 5.56 Å². The van der Waals surface area contributed by atoms with Gasteiger partial charge in [0.2, 0.25) is 0 Å². The Morgan fingerprint density at radius 1 is 1.16 bits per heavy atom. The van der Waals surface area contributed by atoms with E-state index in [0.29, 0.717) is 16.3 Å². The van der Waals surface area contributed by atoms with Crippen molar-refractivity contribution in [3.8, 4) is 0 Å². The molecule has 0 spiro atoms. The van der Waals surface area contributed by atoms with Gasteiger partial charge in [-0.25, -0.2) is 0 Å². The van der Waals surface area contributed by atoms with E-state index in [4.69, 9.17) is 17.3 Å². The Morgan fingerprint density at radius 2 is 1.89 bits per heavy atom. The molecule has 0 aliphatic carbocycles. The summed E-state index contributed by atoms with van der Waals surface area (Å²) in [6, 6.07) is 10.8. The highest BCUT2D eigenvalue weighted by molar-refractivity contribution is 6.34. The number of aryl methyl sites for hydroxylation is 2. The van der Waals surface area contributed by atoms with Crippen molar-refractivity contribution >= 4 is 28.9 Å². The summed E-state index contributed by atoms with van der Waals surface area (Å²) in [5.41, 5.74) is 9.52. The molecule has 0 bridgehead atoms. The monoisotopic (exact) mass is 274 g/mol. The van der Waals surface area contributed by atoms with Crippen LogP contribution in [0.25, 0.3) is 0 Å². The highest BCUT2D eigenvalue weighted by Gasteiger charge is 2.12. The largest absolute Gasteiger partial charge is 0.397 e. The molecule has 4 heteroatoms. The molecule has 2 rings (SSSR count). The molecule has 2 aromatic carbocycles. The minimum absolute atomic E-state index is 0.261. The molecule has 0 saturated carbocycles. The molecule has 0 radical (unpaired) electrons. The molecule has 0 saturated heterocycles. The van der Waals surface area contributed by atoms with E-state index >= 15 is 0 Å². The summed E-state index contributed by atoms with van der Waals surface area (Å²) < 4.78 is 0. The number of para-hydroxylation sites is 1. The lowest BCUT2D eigenvalue weighted by Crippen LogP contribution is -2.14. The molecule has 19 heavy (non-hydrogen) atoms. The van der Waals surface area contributed by atoms with Gasteiger partial charge in [-0.05, 0) is 49.2 Å². The van der Waals surface area contributed by atoms with Crippen molar-refractivity contribution in [1.29, 1.82) is 0 Å². The van der Waals surface area contributed by atoms with Crippen molar-refractivity contribution in [2.24, 2.45) is 0 Å². The minimum atomic E-state index is -0.261. The fourth-order valence-corrected chi connectivity index (χ4v) is 1.93. The van der Waals surface area contributed by atoms with Crippen LogP contribution in [0.4, 0.5) is 11.4 Å². The highest BCUT2D eigenvalue weighted by atomic mass is 35.5. The van der Waals surface area contributed by atoms with E-state index in [1.54, 1.807) is 18.2 Å². The van der Waals surface area contributed by atoms with Crippen LogP contribution in [0.5, 0.6) is 0 Å². The van der Waals surface area contributed by atoms with Crippen LogP contribution in [0, 0.1) is 13.8 Å². The molecule has 0 aliphatic rings. The van der Waals surface area contributed by atoms with Crippen molar-refractivity contribution in [1.82, 2.24) is 0 Å². The number of halogens is 1. The maximum Gasteiger partial charge on any atom is 0.257 e. The summed E-state index contributed by atoms with van der Waals surface area (Å²) in [6.07, 6.45) is 0. The molecule has 1 amide bonds. The summed E-state index contributed by atoms with van der Waals surface area (Å²) in [6.45, 7) is 4.02. The average molecular weight is 275 g/mol. The van der Waals surface area contributed by atoms with Crippen LogP contribution in [-0.4, -0.2) is 5.91 Å². The molecule has 0 aliphatic heterocycles. The molecule has 3 N–H and O–H groups in total. The zero-order chi connectivity index (χ0) is 14.0. The van der Waals surface area contributed by atoms with Gasteiger partial charge in [-0.3, -0.25) is 4.79 Å². The van der Waals surface area contributed by atoms with E-state index in [-0.39, 0.29) is 5.91 Å². The summed E-state index contributed by atoms with van der Waals surface area (Å²) >= 11 is 5.90. The zero-order valence-corrected chi connectivity index (χ0v) is 11.6. The number of hydrogen-bond donors (Lipinski definition) is 2. The first-order valence-corrected chi connectivity index (χ1v) is 6.29. The van der Waals surface area contributed by atoms with Crippen LogP contribution in [-0.2, 0) is 0 Å². The number of nitrogens with one attached hydrogen (secondary N) is 1. The SMILES string of the molecule is Cc1ccc(NC(=O)c2cccc(Cl)c2N)cc1C. The second-order valence-corrected chi connectivity index (χ2v) is 4.86. The number of carbonyl (C=O) groups is 1. The van der Waals surface area contributed by atoms with Gasteiger partial charge in [-0.15, -0.1) is 0 Å². The van der Waals surface area contributed by atoms with E-state index < -0.39 is 0 Å². The maximum absolute atomic E-state index is 12.1. The Morgan fingerprint density at radius 3 is 2.58 bits per heavy atom. The maximum atomic E-state index is 12.1. The van der Waals surface area contributed by atoms with Crippen molar-refractivity contribution in [3.63, 3.8) is 0 Å². The third-order valence-corrected chi connectivity index (χ3v) is 3.39. The molecular formula is C15H15ClN2O. The van der Waals surface area contributed by atoms with Crippen molar-refractivity contribution < 1.29 is 4.79 Å². The lowest BCUT2D eigenvalue weighted by Gasteiger charge is -2.10. The van der Waals surface area contributed by atoms with Crippen LogP contribution in [0.2, 0.25) is 5.02 Å². The Bertz CT molecular complexity index is 638. The number of nitrogen functional groups attached to an aromatic ring is 1. The summed E-state index contributed by atoms with van der Waals surface area (Å²) in [7, 11) is 0. The van der Waals surface area contributed by atoms with Gasteiger partial charge in [-0.2, -0.15) is 0 Å². The number of benzene rings is 2. The molecule has 0 atom stereocenters. The Hall–Kier alpha value is -2.00. The second kappa shape index (κ2) is 5.33. The standard InChI is InChI=1S/C15H15ClN2O/c1-9-6-7-11(8-10(9)2)18-15(19)12-4-3-5-13(16)14(12)17/h3-8H,17H2,1-2H3,(H,18,19). The first kappa shape index (κ1) is 13.4. The summed E-state index contributed by atoms with van der Waals surface area (Å²) in [4.78, 5) is 12.1. The molecule has 98 valence electrons. The van der Waals surface area contributed by atoms with E-state index in [0.717, 1.165) is 11.3 Å². The molecule has 0 fully saturated rings. The van der Waals surface area contributed by atoms with Crippen molar-refractivity contribution in [2.45, 2.75) is 13.8 Å². The predicted octanol–water partition coefficient (Wildman–Crippen LogP) is 3.79. The third-order valence-electron chi connectivity index (χ3n) is 3.06. The lowest BCUT2D eigenvalue weighted by molar-refractivity contribution is 0.102. The minimum Gasteiger partial charge on any atom is -0.397 e. The number of nitrogens with two attached hydrogens (primary N) is 1.